The van der Waals surface area contributed by atoms with E-state index in [2.05, 4.69) is 10.6 Å². The Hall–Kier alpha value is -3.04. The molecular formula is C16H12ClN3O3. The average molecular weight is 330 g/mol. The lowest BCUT2D eigenvalue weighted by Crippen LogP contribution is -2.37. The van der Waals surface area contributed by atoms with E-state index >= 15 is 0 Å². The van der Waals surface area contributed by atoms with Crippen molar-refractivity contribution in [3.05, 3.63) is 59.1 Å². The summed E-state index contributed by atoms with van der Waals surface area (Å²) in [5.41, 5.74) is 0.947. The van der Waals surface area contributed by atoms with E-state index in [1.807, 2.05) is 12.1 Å². The van der Waals surface area contributed by atoms with Gasteiger partial charge in [0.15, 0.2) is 6.61 Å². The second kappa shape index (κ2) is 7.82. The number of hydrogen-bond donors (Lipinski definition) is 2. The first-order valence-corrected chi connectivity index (χ1v) is 6.94. The van der Waals surface area contributed by atoms with Crippen LogP contribution in [0.1, 0.15) is 5.56 Å². The van der Waals surface area contributed by atoms with Gasteiger partial charge in [-0.3, -0.25) is 10.1 Å². The van der Waals surface area contributed by atoms with Crippen molar-refractivity contribution in [3.63, 3.8) is 0 Å². The number of carbonyl (C=O) groups excluding carboxylic acids is 2. The number of para-hydroxylation sites is 1. The molecule has 0 aliphatic rings. The lowest BCUT2D eigenvalue weighted by molar-refractivity contribution is -0.121. The van der Waals surface area contributed by atoms with Crippen molar-refractivity contribution in [1.29, 1.82) is 5.26 Å². The van der Waals surface area contributed by atoms with Crippen LogP contribution in [0.15, 0.2) is 48.5 Å². The van der Waals surface area contributed by atoms with Crippen LogP contribution in [0.25, 0.3) is 0 Å². The van der Waals surface area contributed by atoms with E-state index in [0.29, 0.717) is 11.3 Å². The van der Waals surface area contributed by atoms with Gasteiger partial charge in [0, 0.05) is 5.69 Å². The number of hydrogen-bond acceptors (Lipinski definition) is 4. The third-order valence-corrected chi connectivity index (χ3v) is 3.00. The number of nitrogens with zero attached hydrogens (tertiary/aromatic N) is 1. The molecule has 2 aromatic carbocycles. The van der Waals surface area contributed by atoms with Crippen molar-refractivity contribution in [2.75, 3.05) is 11.9 Å². The van der Waals surface area contributed by atoms with Gasteiger partial charge in [-0.1, -0.05) is 29.8 Å². The summed E-state index contributed by atoms with van der Waals surface area (Å²) >= 11 is 5.92. The zero-order valence-corrected chi connectivity index (χ0v) is 12.6. The van der Waals surface area contributed by atoms with Crippen molar-refractivity contribution in [2.24, 2.45) is 0 Å². The highest BCUT2D eigenvalue weighted by Gasteiger charge is 2.10. The van der Waals surface area contributed by atoms with Crippen LogP contribution in [0.3, 0.4) is 0 Å². The fraction of sp³-hybridized carbons (Fsp3) is 0.0625. The van der Waals surface area contributed by atoms with Gasteiger partial charge in [0.25, 0.3) is 5.91 Å². The fourth-order valence-electron chi connectivity index (χ4n) is 1.68. The normalized spacial score (nSPS) is 9.57. The highest BCUT2D eigenvalue weighted by molar-refractivity contribution is 6.32. The number of urea groups is 1. The SMILES string of the molecule is N#Cc1ccc(OCC(=O)NC(=O)Nc2ccccc2)c(Cl)c1. The Bertz CT molecular complexity index is 757. The van der Waals surface area contributed by atoms with E-state index in [9.17, 15) is 9.59 Å². The molecule has 0 atom stereocenters. The number of amides is 3. The molecule has 0 heterocycles. The minimum atomic E-state index is -0.657. The van der Waals surface area contributed by atoms with Crippen molar-refractivity contribution in [2.45, 2.75) is 0 Å². The first kappa shape index (κ1) is 16.3. The zero-order chi connectivity index (χ0) is 16.7. The molecule has 0 saturated carbocycles. The molecule has 0 bridgehead atoms. The van der Waals surface area contributed by atoms with Gasteiger partial charge in [-0.25, -0.2) is 4.79 Å². The molecule has 0 aliphatic heterocycles. The van der Waals surface area contributed by atoms with Crippen molar-refractivity contribution >= 4 is 29.2 Å². The molecule has 0 aliphatic carbocycles. The number of carbonyl (C=O) groups is 2. The number of halogens is 1. The third-order valence-electron chi connectivity index (χ3n) is 2.70. The number of anilines is 1. The number of benzene rings is 2. The van der Waals surface area contributed by atoms with Gasteiger partial charge < -0.3 is 10.1 Å². The molecule has 0 saturated heterocycles. The smallest absolute Gasteiger partial charge is 0.325 e. The molecule has 0 unspecified atom stereocenters. The van der Waals surface area contributed by atoms with Crippen LogP contribution >= 0.6 is 11.6 Å². The minimum Gasteiger partial charge on any atom is -0.482 e. The van der Waals surface area contributed by atoms with E-state index in [0.717, 1.165) is 0 Å². The summed E-state index contributed by atoms with van der Waals surface area (Å²) in [5.74, 6) is -0.372. The van der Waals surface area contributed by atoms with E-state index in [-0.39, 0.29) is 17.4 Å². The second-order valence-corrected chi connectivity index (χ2v) is 4.82. The maximum absolute atomic E-state index is 11.7. The topological polar surface area (TPSA) is 91.2 Å². The Morgan fingerprint density at radius 3 is 2.57 bits per heavy atom. The molecule has 2 aromatic rings. The van der Waals surface area contributed by atoms with Gasteiger partial charge >= 0.3 is 6.03 Å². The quantitative estimate of drug-likeness (QED) is 0.902. The van der Waals surface area contributed by atoms with E-state index in [4.69, 9.17) is 21.6 Å². The lowest BCUT2D eigenvalue weighted by atomic mass is 10.2. The van der Waals surface area contributed by atoms with Gasteiger partial charge in [0.2, 0.25) is 0 Å². The summed E-state index contributed by atoms with van der Waals surface area (Å²) in [6.45, 7) is -0.381. The summed E-state index contributed by atoms with van der Waals surface area (Å²) in [6.07, 6.45) is 0. The van der Waals surface area contributed by atoms with Crippen LogP contribution in [0.5, 0.6) is 5.75 Å². The van der Waals surface area contributed by atoms with Gasteiger partial charge in [-0.2, -0.15) is 5.26 Å². The molecule has 0 spiro atoms. The molecule has 7 heteroatoms. The first-order valence-electron chi connectivity index (χ1n) is 6.57. The van der Waals surface area contributed by atoms with Crippen LogP contribution in [0.2, 0.25) is 5.02 Å². The second-order valence-electron chi connectivity index (χ2n) is 4.41. The molecule has 2 rings (SSSR count). The number of nitriles is 1. The fourth-order valence-corrected chi connectivity index (χ4v) is 1.91. The molecule has 3 amide bonds. The summed E-state index contributed by atoms with van der Waals surface area (Å²) in [6, 6.07) is 14.4. The monoisotopic (exact) mass is 329 g/mol. The predicted octanol–water partition coefficient (Wildman–Crippen LogP) is 2.94. The Morgan fingerprint density at radius 1 is 1.17 bits per heavy atom. The van der Waals surface area contributed by atoms with Crippen LogP contribution < -0.4 is 15.4 Å². The number of nitrogens with one attached hydrogen (secondary N) is 2. The van der Waals surface area contributed by atoms with Crippen LogP contribution in [0.4, 0.5) is 10.5 Å². The molecule has 0 radical (unpaired) electrons. The maximum atomic E-state index is 11.7. The highest BCUT2D eigenvalue weighted by Crippen LogP contribution is 2.24. The van der Waals surface area contributed by atoms with E-state index < -0.39 is 11.9 Å². The maximum Gasteiger partial charge on any atom is 0.325 e. The zero-order valence-electron chi connectivity index (χ0n) is 11.9. The molecule has 23 heavy (non-hydrogen) atoms. The molecule has 2 N–H and O–H groups in total. The molecule has 6 nitrogen and oxygen atoms in total. The van der Waals surface area contributed by atoms with Gasteiger partial charge in [0.05, 0.1) is 16.7 Å². The van der Waals surface area contributed by atoms with Crippen LogP contribution in [-0.4, -0.2) is 18.5 Å². The Labute approximate surface area is 137 Å². The van der Waals surface area contributed by atoms with E-state index in [1.54, 1.807) is 24.3 Å². The molecule has 116 valence electrons. The van der Waals surface area contributed by atoms with Crippen LogP contribution in [0, 0.1) is 11.3 Å². The first-order chi connectivity index (χ1) is 11.1. The molecular weight excluding hydrogens is 318 g/mol. The summed E-state index contributed by atoms with van der Waals surface area (Å²) < 4.78 is 5.22. The molecule has 0 fully saturated rings. The molecule has 0 aromatic heterocycles. The van der Waals surface area contributed by atoms with Gasteiger partial charge in [-0.05, 0) is 30.3 Å². The number of ether oxygens (including phenoxy) is 1. The standard InChI is InChI=1S/C16H12ClN3O3/c17-13-8-11(9-18)6-7-14(13)23-10-15(21)20-16(22)19-12-4-2-1-3-5-12/h1-8H,10H2,(H2,19,20,21,22). The minimum absolute atomic E-state index is 0.214. The average Bonchev–Trinajstić information content (AvgIpc) is 2.54. The Balaban J connectivity index is 1.83. The van der Waals surface area contributed by atoms with Crippen molar-refractivity contribution < 1.29 is 14.3 Å². The predicted molar refractivity (Wildman–Crippen MR) is 85.3 cm³/mol. The Kier molecular flexibility index (Phi) is 5.56. The van der Waals surface area contributed by atoms with Gasteiger partial charge in [-0.15, -0.1) is 0 Å². The van der Waals surface area contributed by atoms with Crippen molar-refractivity contribution in [1.82, 2.24) is 5.32 Å². The Morgan fingerprint density at radius 2 is 1.91 bits per heavy atom. The number of imide groups is 1. The summed E-state index contributed by atoms with van der Waals surface area (Å²) in [4.78, 5) is 23.3. The van der Waals surface area contributed by atoms with Gasteiger partial charge in [0.1, 0.15) is 5.75 Å². The number of rotatable bonds is 4. The summed E-state index contributed by atoms with van der Waals surface area (Å²) in [5, 5.41) is 13.6. The van der Waals surface area contributed by atoms with Crippen LogP contribution in [-0.2, 0) is 4.79 Å². The van der Waals surface area contributed by atoms with E-state index in [1.165, 1.54) is 18.2 Å². The third kappa shape index (κ3) is 5.02. The lowest BCUT2D eigenvalue weighted by Gasteiger charge is -2.09. The highest BCUT2D eigenvalue weighted by atomic mass is 35.5. The summed E-state index contributed by atoms with van der Waals surface area (Å²) in [7, 11) is 0. The van der Waals surface area contributed by atoms with Crippen molar-refractivity contribution in [3.8, 4) is 11.8 Å². The largest absolute Gasteiger partial charge is 0.482 e.